The topological polar surface area (TPSA) is 108 Å². The molecule has 3 atom stereocenters. The summed E-state index contributed by atoms with van der Waals surface area (Å²) in [6, 6.07) is 8.13. The van der Waals surface area contributed by atoms with Crippen LogP contribution in [-0.4, -0.2) is 19.6 Å². The van der Waals surface area contributed by atoms with E-state index in [9.17, 15) is 0 Å². The predicted molar refractivity (Wildman–Crippen MR) is 116 cm³/mol. The van der Waals surface area contributed by atoms with Gasteiger partial charge in [0.15, 0.2) is 0 Å². The Hall–Kier alpha value is -3.57. The molecule has 7 heteroatoms. The average molecular weight is 406 g/mol. The summed E-state index contributed by atoms with van der Waals surface area (Å²) in [4.78, 5) is 9.44. The highest BCUT2D eigenvalue weighted by Gasteiger charge is 2.08. The van der Waals surface area contributed by atoms with E-state index >= 15 is 0 Å². The molecule has 0 aromatic carbocycles. The second-order valence-electron chi connectivity index (χ2n) is 6.45. The van der Waals surface area contributed by atoms with Gasteiger partial charge in [-0.05, 0) is 12.8 Å². The summed E-state index contributed by atoms with van der Waals surface area (Å²) in [5.74, 6) is -0.171. The largest absolute Gasteiger partial charge is 0.317 e. The molecule has 0 aromatic heterocycles. The molecule has 0 aliphatic rings. The number of nitriles is 4. The lowest BCUT2D eigenvalue weighted by molar-refractivity contribution is 0.545. The molecule has 0 rings (SSSR count). The quantitative estimate of drug-likeness (QED) is 0.403. The van der Waals surface area contributed by atoms with Gasteiger partial charge in [0, 0.05) is 12.8 Å². The summed E-state index contributed by atoms with van der Waals surface area (Å²) in [5, 5.41) is 33.5. The molecule has 0 saturated carbocycles. The minimum atomic E-state index is -0.396. The zero-order chi connectivity index (χ0) is 23.5. The highest BCUT2D eigenvalue weighted by Crippen LogP contribution is 2.11. The zero-order valence-corrected chi connectivity index (χ0v) is 18.1. The molecule has 3 unspecified atom stereocenters. The van der Waals surface area contributed by atoms with Crippen molar-refractivity contribution in [3.8, 4) is 24.3 Å². The van der Waals surface area contributed by atoms with Crippen LogP contribution in [0.4, 0.5) is 0 Å². The number of unbranched alkanes of at least 4 members (excludes halogenated alkanes) is 1. The Kier molecular flexibility index (Phi) is 28.7. The summed E-state index contributed by atoms with van der Waals surface area (Å²) in [6.45, 7) is 24.8. The first kappa shape index (κ1) is 31.1. The fourth-order valence-electron chi connectivity index (χ4n) is 2.16. The van der Waals surface area contributed by atoms with Crippen LogP contribution in [0.3, 0.4) is 0 Å². The third kappa shape index (κ3) is 24.4. The van der Waals surface area contributed by atoms with E-state index in [2.05, 4.69) is 40.5 Å². The normalized spacial score (nSPS) is 11.2. The number of hydrogen-bond donors (Lipinski definition) is 0. The van der Waals surface area contributed by atoms with Crippen molar-refractivity contribution in [3.63, 3.8) is 0 Å². The van der Waals surface area contributed by atoms with Gasteiger partial charge in [-0.3, -0.25) is 0 Å². The van der Waals surface area contributed by atoms with Crippen LogP contribution in [0.5, 0.6) is 0 Å². The molecule has 7 nitrogen and oxygen atoms in total. The summed E-state index contributed by atoms with van der Waals surface area (Å²) in [7, 11) is 0. The maximum absolute atomic E-state index is 8.63. The first-order valence-electron chi connectivity index (χ1n) is 10.1. The molecule has 0 bridgehead atoms. The van der Waals surface area contributed by atoms with Crippen LogP contribution in [0.1, 0.15) is 65.2 Å². The number of rotatable bonds is 11. The Morgan fingerprint density at radius 1 is 0.667 bits per heavy atom. The Bertz CT molecular complexity index is 679. The number of hydrogen-bond acceptors (Lipinski definition) is 4. The smallest absolute Gasteiger partial charge is 0.231 e. The van der Waals surface area contributed by atoms with Gasteiger partial charge in [0.2, 0.25) is 19.6 Å². The summed E-state index contributed by atoms with van der Waals surface area (Å²) in [5.41, 5.74) is 0. The first-order valence-corrected chi connectivity index (χ1v) is 10.1. The molecule has 158 valence electrons. The Morgan fingerprint density at radius 2 is 1.17 bits per heavy atom. The maximum Gasteiger partial charge on any atom is 0.231 e. The van der Waals surface area contributed by atoms with Gasteiger partial charge in [0.05, 0.1) is 42.5 Å². The van der Waals surface area contributed by atoms with E-state index in [1.54, 1.807) is 0 Å². The van der Waals surface area contributed by atoms with Crippen LogP contribution < -0.4 is 0 Å². The van der Waals surface area contributed by atoms with E-state index in [1.165, 1.54) is 0 Å². The van der Waals surface area contributed by atoms with Crippen LogP contribution in [0.2, 0.25) is 0 Å². The molecule has 0 N–H and O–H groups in total. The van der Waals surface area contributed by atoms with E-state index in [0.29, 0.717) is 13.1 Å². The van der Waals surface area contributed by atoms with E-state index in [1.807, 2.05) is 12.1 Å². The van der Waals surface area contributed by atoms with Crippen molar-refractivity contribution in [2.24, 2.45) is 17.8 Å². The Morgan fingerprint density at radius 3 is 1.50 bits per heavy atom. The molecular formula is C23H31N7. The predicted octanol–water partition coefficient (Wildman–Crippen LogP) is 5.82. The highest BCUT2D eigenvalue weighted by molar-refractivity contribution is 4.93. The third-order valence-corrected chi connectivity index (χ3v) is 3.92. The molecule has 0 amide bonds. The summed E-state index contributed by atoms with van der Waals surface area (Å²) >= 11 is 0. The Labute approximate surface area is 182 Å². The van der Waals surface area contributed by atoms with Gasteiger partial charge >= 0.3 is 0 Å². The minimum absolute atomic E-state index is 0.110. The van der Waals surface area contributed by atoms with Crippen LogP contribution in [0, 0.1) is 82.8 Å². The molecule has 0 heterocycles. The maximum atomic E-state index is 8.63. The SMILES string of the molecule is [C-]#[N+]CC(C#N)CC#N.[C-]#[N+]CCC(C#N)CCC.[C-]#[N+]CCC(C#N)CCCC. The van der Waals surface area contributed by atoms with Crippen molar-refractivity contribution < 1.29 is 0 Å². The van der Waals surface area contributed by atoms with Crippen LogP contribution in [-0.2, 0) is 0 Å². The lowest BCUT2D eigenvalue weighted by Crippen LogP contribution is -1.98. The van der Waals surface area contributed by atoms with E-state index in [-0.39, 0.29) is 24.8 Å². The summed E-state index contributed by atoms with van der Waals surface area (Å²) in [6.07, 6.45) is 6.84. The molecule has 0 saturated heterocycles. The van der Waals surface area contributed by atoms with Crippen LogP contribution >= 0.6 is 0 Å². The fourth-order valence-corrected chi connectivity index (χ4v) is 2.16. The fraction of sp³-hybridized carbons (Fsp3) is 0.696. The zero-order valence-electron chi connectivity index (χ0n) is 18.1. The molecule has 0 radical (unpaired) electrons. The van der Waals surface area contributed by atoms with Crippen molar-refractivity contribution in [3.05, 3.63) is 34.3 Å². The molecule has 0 aliphatic carbocycles. The number of nitrogens with zero attached hydrogens (tertiary/aromatic N) is 7. The molecule has 0 spiro atoms. The van der Waals surface area contributed by atoms with E-state index in [4.69, 9.17) is 40.8 Å². The van der Waals surface area contributed by atoms with Gasteiger partial charge in [-0.25, -0.2) is 19.7 Å². The molecule has 0 aromatic rings. The first-order chi connectivity index (χ1) is 14.5. The molecule has 0 aliphatic heterocycles. The van der Waals surface area contributed by atoms with Gasteiger partial charge in [0.1, 0.15) is 5.92 Å². The molecular weight excluding hydrogens is 374 g/mol. The lowest BCUT2D eigenvalue weighted by atomic mass is 10.0. The van der Waals surface area contributed by atoms with Crippen LogP contribution in [0.25, 0.3) is 14.5 Å². The molecule has 0 fully saturated rings. The van der Waals surface area contributed by atoms with E-state index < -0.39 is 5.92 Å². The van der Waals surface area contributed by atoms with Crippen molar-refractivity contribution in [2.75, 3.05) is 19.6 Å². The average Bonchev–Trinajstić information content (AvgIpc) is 2.77. The van der Waals surface area contributed by atoms with Crippen molar-refractivity contribution in [1.29, 1.82) is 21.0 Å². The van der Waals surface area contributed by atoms with E-state index in [0.717, 1.165) is 44.9 Å². The van der Waals surface area contributed by atoms with Gasteiger partial charge < -0.3 is 14.5 Å². The molecule has 30 heavy (non-hydrogen) atoms. The third-order valence-electron chi connectivity index (χ3n) is 3.92. The van der Waals surface area contributed by atoms with Gasteiger partial charge in [-0.2, -0.15) is 21.0 Å². The van der Waals surface area contributed by atoms with Crippen LogP contribution in [0.15, 0.2) is 0 Å². The second-order valence-corrected chi connectivity index (χ2v) is 6.45. The van der Waals surface area contributed by atoms with Crippen molar-refractivity contribution in [1.82, 2.24) is 0 Å². The van der Waals surface area contributed by atoms with Gasteiger partial charge in [-0.1, -0.05) is 33.1 Å². The van der Waals surface area contributed by atoms with Gasteiger partial charge in [0.25, 0.3) is 0 Å². The standard InChI is InChI=1S/C9H14N2.C8H12N2.C6H5N3/c1-3-4-5-9(8-10)6-7-11-2;1-3-4-8(7-9)5-6-10-2;1-9-5-6(4-8)2-3-7/h9H,3-7H2,1H3;8H,3-6H2,1H3;6H,2,5H2. The van der Waals surface area contributed by atoms with Crippen molar-refractivity contribution >= 4 is 0 Å². The second kappa shape index (κ2) is 27.6. The van der Waals surface area contributed by atoms with Crippen molar-refractivity contribution in [2.45, 2.75) is 65.2 Å². The highest BCUT2D eigenvalue weighted by atomic mass is 14.6. The lowest BCUT2D eigenvalue weighted by Gasteiger charge is -2.02. The summed E-state index contributed by atoms with van der Waals surface area (Å²) < 4.78 is 0. The Balaban J connectivity index is -0.000000366. The monoisotopic (exact) mass is 405 g/mol. The van der Waals surface area contributed by atoms with Gasteiger partial charge in [-0.15, -0.1) is 0 Å². The minimum Gasteiger partial charge on any atom is -0.317 e.